The van der Waals surface area contributed by atoms with Gasteiger partial charge in [0.05, 0.1) is 6.54 Å². The van der Waals surface area contributed by atoms with Crippen LogP contribution in [0.15, 0.2) is 30.3 Å². The van der Waals surface area contributed by atoms with Gasteiger partial charge in [-0.15, -0.1) is 0 Å². The zero-order valence-electron chi connectivity index (χ0n) is 13.5. The third-order valence-electron chi connectivity index (χ3n) is 3.73. The number of hydrogen-bond donors (Lipinski definition) is 1. The number of nitrogens with zero attached hydrogens (tertiary/aromatic N) is 2. The van der Waals surface area contributed by atoms with E-state index < -0.39 is 0 Å². The number of benzene rings is 1. The van der Waals surface area contributed by atoms with Crippen LogP contribution in [0.2, 0.25) is 0 Å². The van der Waals surface area contributed by atoms with Crippen LogP contribution in [0, 0.1) is 11.3 Å². The summed E-state index contributed by atoms with van der Waals surface area (Å²) in [5, 5.41) is 11.1. The Labute approximate surface area is 141 Å². The van der Waals surface area contributed by atoms with Crippen molar-refractivity contribution in [2.24, 2.45) is 0 Å². The first-order valence-corrected chi connectivity index (χ1v) is 8.02. The normalized spacial score (nSPS) is 14.2. The van der Waals surface area contributed by atoms with Crippen LogP contribution in [0.4, 0.5) is 0 Å². The highest BCUT2D eigenvalue weighted by atomic mass is 16.5. The number of amides is 2. The Morgan fingerprint density at radius 1 is 1.21 bits per heavy atom. The number of piperidine rings is 1. The number of nitrogens with one attached hydrogen (secondary N) is 1. The van der Waals surface area contributed by atoms with Crippen molar-refractivity contribution in [2.75, 3.05) is 26.2 Å². The van der Waals surface area contributed by atoms with Crippen molar-refractivity contribution >= 4 is 17.9 Å². The van der Waals surface area contributed by atoms with E-state index in [4.69, 9.17) is 10.00 Å². The van der Waals surface area contributed by atoms with E-state index in [2.05, 4.69) is 5.32 Å². The number of carbonyl (C=O) groups is 2. The molecule has 0 saturated carbocycles. The molecule has 0 unspecified atom stereocenters. The molecular formula is C18H21N3O3. The zero-order valence-corrected chi connectivity index (χ0v) is 13.5. The number of hydrogen-bond acceptors (Lipinski definition) is 4. The molecule has 2 amide bonds. The first-order chi connectivity index (χ1) is 11.7. The Balaban J connectivity index is 1.75. The van der Waals surface area contributed by atoms with Gasteiger partial charge in [0, 0.05) is 19.2 Å². The Bertz CT molecular complexity index is 626. The van der Waals surface area contributed by atoms with Gasteiger partial charge in [-0.3, -0.25) is 9.59 Å². The number of ether oxygens (including phenoxy) is 1. The van der Waals surface area contributed by atoms with Gasteiger partial charge in [0.15, 0.2) is 6.61 Å². The number of likely N-dealkylation sites (tertiary alicyclic amines) is 1. The monoisotopic (exact) mass is 327 g/mol. The molecule has 1 aromatic rings. The molecule has 1 saturated heterocycles. The molecule has 1 N–H and O–H groups in total. The molecule has 1 aromatic carbocycles. The second-order valence-corrected chi connectivity index (χ2v) is 5.51. The number of rotatable bonds is 6. The fraction of sp³-hybridized carbons (Fsp3) is 0.389. The van der Waals surface area contributed by atoms with E-state index in [-0.39, 0.29) is 25.0 Å². The van der Waals surface area contributed by atoms with Gasteiger partial charge in [-0.1, -0.05) is 12.1 Å². The summed E-state index contributed by atoms with van der Waals surface area (Å²) in [5.41, 5.74) is 0.830. The van der Waals surface area contributed by atoms with Gasteiger partial charge in [0.1, 0.15) is 11.8 Å². The lowest BCUT2D eigenvalue weighted by Gasteiger charge is -2.26. The predicted octanol–water partition coefficient (Wildman–Crippen LogP) is 1.73. The average molecular weight is 327 g/mol. The van der Waals surface area contributed by atoms with Crippen molar-refractivity contribution < 1.29 is 14.3 Å². The fourth-order valence-electron chi connectivity index (χ4n) is 2.44. The quantitative estimate of drug-likeness (QED) is 0.807. The Morgan fingerprint density at radius 2 is 1.92 bits per heavy atom. The summed E-state index contributed by atoms with van der Waals surface area (Å²) in [5.74, 6) is 0.269. The second-order valence-electron chi connectivity index (χ2n) is 5.51. The van der Waals surface area contributed by atoms with E-state index >= 15 is 0 Å². The first kappa shape index (κ1) is 17.5. The van der Waals surface area contributed by atoms with Crippen molar-refractivity contribution in [3.63, 3.8) is 0 Å². The van der Waals surface area contributed by atoms with Crippen molar-refractivity contribution in [2.45, 2.75) is 19.3 Å². The maximum absolute atomic E-state index is 12.0. The highest BCUT2D eigenvalue weighted by Gasteiger charge is 2.16. The minimum atomic E-state index is -0.301. The van der Waals surface area contributed by atoms with Crippen molar-refractivity contribution in [1.29, 1.82) is 5.26 Å². The molecular weight excluding hydrogens is 306 g/mol. The Kier molecular flexibility index (Phi) is 6.84. The Morgan fingerprint density at radius 3 is 2.58 bits per heavy atom. The lowest BCUT2D eigenvalue weighted by atomic mass is 10.1. The van der Waals surface area contributed by atoms with E-state index in [0.717, 1.165) is 31.5 Å². The van der Waals surface area contributed by atoms with Crippen LogP contribution >= 0.6 is 0 Å². The summed E-state index contributed by atoms with van der Waals surface area (Å²) < 4.78 is 5.15. The molecule has 1 fully saturated rings. The predicted molar refractivity (Wildman–Crippen MR) is 90.0 cm³/mol. The molecule has 24 heavy (non-hydrogen) atoms. The molecule has 0 aromatic heterocycles. The summed E-state index contributed by atoms with van der Waals surface area (Å²) in [4.78, 5) is 25.5. The maximum atomic E-state index is 12.0. The molecule has 6 nitrogen and oxygen atoms in total. The smallest absolute Gasteiger partial charge is 0.244 e. The summed E-state index contributed by atoms with van der Waals surface area (Å²) in [7, 11) is 0. The highest BCUT2D eigenvalue weighted by molar-refractivity contribution is 5.94. The van der Waals surface area contributed by atoms with Crippen molar-refractivity contribution in [3.8, 4) is 11.8 Å². The number of nitriles is 1. The molecule has 0 radical (unpaired) electrons. The molecule has 2 rings (SSSR count). The van der Waals surface area contributed by atoms with Crippen LogP contribution in [0.5, 0.6) is 5.75 Å². The van der Waals surface area contributed by atoms with Gasteiger partial charge in [-0.25, -0.2) is 0 Å². The molecule has 0 spiro atoms. The lowest BCUT2D eigenvalue weighted by Crippen LogP contribution is -2.42. The van der Waals surface area contributed by atoms with Gasteiger partial charge in [0.2, 0.25) is 11.8 Å². The van der Waals surface area contributed by atoms with Crippen LogP contribution in [0.3, 0.4) is 0 Å². The molecule has 1 heterocycles. The summed E-state index contributed by atoms with van der Waals surface area (Å²) in [6.07, 6.45) is 6.30. The standard InChI is InChI=1S/C18H21N3O3/c19-10-13-24-16-7-4-15(5-8-16)6-9-17(22)20-14-18(23)21-11-2-1-3-12-21/h4-9H,1-3,11-14H2,(H,20,22). The van der Waals surface area contributed by atoms with E-state index in [9.17, 15) is 9.59 Å². The molecule has 1 aliphatic heterocycles. The van der Waals surface area contributed by atoms with Gasteiger partial charge in [-0.2, -0.15) is 5.26 Å². The van der Waals surface area contributed by atoms with Gasteiger partial charge < -0.3 is 15.0 Å². The van der Waals surface area contributed by atoms with E-state index in [1.54, 1.807) is 35.2 Å². The van der Waals surface area contributed by atoms with Crippen LogP contribution in [0.25, 0.3) is 6.08 Å². The molecule has 0 aliphatic carbocycles. The minimum absolute atomic E-state index is 0.00262. The molecule has 0 atom stereocenters. The van der Waals surface area contributed by atoms with Gasteiger partial charge in [-0.05, 0) is 43.0 Å². The Hall–Kier alpha value is -2.81. The first-order valence-electron chi connectivity index (χ1n) is 8.02. The van der Waals surface area contributed by atoms with Crippen LogP contribution in [-0.4, -0.2) is 43.0 Å². The van der Waals surface area contributed by atoms with E-state index in [0.29, 0.717) is 5.75 Å². The maximum Gasteiger partial charge on any atom is 0.244 e. The fourth-order valence-corrected chi connectivity index (χ4v) is 2.44. The molecule has 6 heteroatoms. The largest absolute Gasteiger partial charge is 0.479 e. The highest BCUT2D eigenvalue weighted by Crippen LogP contribution is 2.13. The molecule has 126 valence electrons. The van der Waals surface area contributed by atoms with Crippen molar-refractivity contribution in [1.82, 2.24) is 10.2 Å². The third-order valence-corrected chi connectivity index (χ3v) is 3.73. The SMILES string of the molecule is N#CCOc1ccc(C=CC(=O)NCC(=O)N2CCCCC2)cc1. The van der Waals surface area contributed by atoms with Crippen LogP contribution in [0.1, 0.15) is 24.8 Å². The van der Waals surface area contributed by atoms with Gasteiger partial charge >= 0.3 is 0 Å². The van der Waals surface area contributed by atoms with Crippen LogP contribution < -0.4 is 10.1 Å². The third kappa shape index (κ3) is 5.76. The molecule has 1 aliphatic rings. The minimum Gasteiger partial charge on any atom is -0.479 e. The summed E-state index contributed by atoms with van der Waals surface area (Å²) >= 11 is 0. The van der Waals surface area contributed by atoms with Crippen LogP contribution in [-0.2, 0) is 9.59 Å². The second kappa shape index (κ2) is 9.36. The molecule has 0 bridgehead atoms. The summed E-state index contributed by atoms with van der Waals surface area (Å²) in [6, 6.07) is 8.93. The van der Waals surface area contributed by atoms with Crippen molar-refractivity contribution in [3.05, 3.63) is 35.9 Å². The zero-order chi connectivity index (χ0) is 17.2. The van der Waals surface area contributed by atoms with E-state index in [1.807, 2.05) is 6.07 Å². The topological polar surface area (TPSA) is 82.4 Å². The number of carbonyl (C=O) groups excluding carboxylic acids is 2. The lowest BCUT2D eigenvalue weighted by molar-refractivity contribution is -0.132. The van der Waals surface area contributed by atoms with Gasteiger partial charge in [0.25, 0.3) is 0 Å². The average Bonchev–Trinajstić information content (AvgIpc) is 2.64. The van der Waals surface area contributed by atoms with E-state index in [1.165, 1.54) is 12.5 Å². The summed E-state index contributed by atoms with van der Waals surface area (Å²) in [6.45, 7) is 1.60.